The first-order valence-corrected chi connectivity index (χ1v) is 8.32. The van der Waals surface area contributed by atoms with Gasteiger partial charge in [-0.25, -0.2) is 9.97 Å². The lowest BCUT2D eigenvalue weighted by Crippen LogP contribution is -2.10. The molecular formula is C16H21IN4. The van der Waals surface area contributed by atoms with Gasteiger partial charge in [0.25, 0.3) is 0 Å². The number of halogens is 1. The summed E-state index contributed by atoms with van der Waals surface area (Å²) >= 11 is 2.34. The van der Waals surface area contributed by atoms with Gasteiger partial charge in [0.05, 0.1) is 9.26 Å². The normalized spacial score (nSPS) is 11.0. The van der Waals surface area contributed by atoms with Crippen LogP contribution in [0.3, 0.4) is 0 Å². The zero-order chi connectivity index (χ0) is 15.4. The Morgan fingerprint density at radius 1 is 1.29 bits per heavy atom. The van der Waals surface area contributed by atoms with Gasteiger partial charge in [-0.15, -0.1) is 0 Å². The highest BCUT2D eigenvalue weighted by molar-refractivity contribution is 14.1. The highest BCUT2D eigenvalue weighted by atomic mass is 127. The van der Waals surface area contributed by atoms with Crippen LogP contribution in [-0.4, -0.2) is 21.5 Å². The summed E-state index contributed by atoms with van der Waals surface area (Å²) in [4.78, 5) is 13.6. The Balaban J connectivity index is 2.56. The molecule has 0 amide bonds. The van der Waals surface area contributed by atoms with E-state index in [4.69, 9.17) is 9.97 Å². The maximum Gasteiger partial charge on any atom is 0.162 e. The Hall–Kier alpha value is -1.24. The second-order valence-electron chi connectivity index (χ2n) is 5.48. The van der Waals surface area contributed by atoms with E-state index in [1.807, 2.05) is 19.2 Å². The van der Waals surface area contributed by atoms with Crippen LogP contribution in [0.5, 0.6) is 0 Å². The molecule has 0 aliphatic rings. The van der Waals surface area contributed by atoms with Gasteiger partial charge in [0, 0.05) is 24.5 Å². The van der Waals surface area contributed by atoms with Gasteiger partial charge in [-0.1, -0.05) is 13.8 Å². The molecule has 21 heavy (non-hydrogen) atoms. The third-order valence-electron chi connectivity index (χ3n) is 3.13. The largest absolute Gasteiger partial charge is 0.369 e. The summed E-state index contributed by atoms with van der Waals surface area (Å²) in [6, 6.07) is 1.98. The Morgan fingerprint density at radius 2 is 2.05 bits per heavy atom. The van der Waals surface area contributed by atoms with Crippen LogP contribution in [-0.2, 0) is 6.42 Å². The predicted octanol–water partition coefficient (Wildman–Crippen LogP) is 4.08. The van der Waals surface area contributed by atoms with Crippen molar-refractivity contribution in [1.82, 2.24) is 15.0 Å². The van der Waals surface area contributed by atoms with Gasteiger partial charge in [-0.3, -0.25) is 4.98 Å². The molecule has 0 bridgehead atoms. The third kappa shape index (κ3) is 3.90. The molecule has 0 aliphatic carbocycles. The first-order chi connectivity index (χ1) is 10.0. The number of nitrogens with one attached hydrogen (secondary N) is 1. The van der Waals surface area contributed by atoms with Gasteiger partial charge in [0.15, 0.2) is 5.82 Å². The predicted molar refractivity (Wildman–Crippen MR) is 95.4 cm³/mol. The molecule has 0 spiro atoms. The Morgan fingerprint density at radius 3 is 2.67 bits per heavy atom. The van der Waals surface area contributed by atoms with E-state index in [2.05, 4.69) is 53.7 Å². The van der Waals surface area contributed by atoms with Crippen LogP contribution in [0.4, 0.5) is 5.82 Å². The van der Waals surface area contributed by atoms with E-state index in [0.717, 1.165) is 45.0 Å². The fourth-order valence-electron chi connectivity index (χ4n) is 2.14. The molecule has 0 aromatic carbocycles. The van der Waals surface area contributed by atoms with E-state index in [9.17, 15) is 0 Å². The Kier molecular flexibility index (Phi) is 5.50. The fraction of sp³-hybridized carbons (Fsp3) is 0.438. The molecular weight excluding hydrogens is 375 g/mol. The monoisotopic (exact) mass is 396 g/mol. The van der Waals surface area contributed by atoms with Gasteiger partial charge in [-0.2, -0.15) is 0 Å². The molecule has 112 valence electrons. The van der Waals surface area contributed by atoms with Crippen molar-refractivity contribution < 1.29 is 0 Å². The lowest BCUT2D eigenvalue weighted by Gasteiger charge is -2.14. The smallest absolute Gasteiger partial charge is 0.162 e. The molecule has 2 heterocycles. The van der Waals surface area contributed by atoms with E-state index in [0.29, 0.717) is 5.92 Å². The summed E-state index contributed by atoms with van der Waals surface area (Å²) in [5.41, 5.74) is 3.25. The van der Waals surface area contributed by atoms with Gasteiger partial charge in [-0.05, 0) is 60.4 Å². The topological polar surface area (TPSA) is 50.7 Å². The maximum absolute atomic E-state index is 4.80. The minimum absolute atomic E-state index is 0.564. The molecule has 0 radical (unpaired) electrons. The molecule has 0 saturated heterocycles. The van der Waals surface area contributed by atoms with E-state index in [1.54, 1.807) is 6.20 Å². The molecule has 0 aliphatic heterocycles. The van der Waals surface area contributed by atoms with Gasteiger partial charge in [0.1, 0.15) is 5.82 Å². The molecule has 0 unspecified atom stereocenters. The maximum atomic E-state index is 4.80. The molecule has 0 fully saturated rings. The molecule has 2 rings (SSSR count). The van der Waals surface area contributed by atoms with Crippen LogP contribution in [0.1, 0.15) is 32.0 Å². The molecule has 0 atom stereocenters. The zero-order valence-corrected chi connectivity index (χ0v) is 15.1. The van der Waals surface area contributed by atoms with Crippen molar-refractivity contribution in [2.45, 2.75) is 34.1 Å². The first kappa shape index (κ1) is 16.1. The van der Waals surface area contributed by atoms with Crippen molar-refractivity contribution in [3.63, 3.8) is 0 Å². The van der Waals surface area contributed by atoms with Crippen molar-refractivity contribution in [2.75, 3.05) is 11.9 Å². The van der Waals surface area contributed by atoms with Gasteiger partial charge < -0.3 is 5.32 Å². The summed E-state index contributed by atoms with van der Waals surface area (Å²) in [7, 11) is 0. The number of aromatic nitrogens is 3. The van der Waals surface area contributed by atoms with Gasteiger partial charge >= 0.3 is 0 Å². The number of rotatable bonds is 5. The third-order valence-corrected chi connectivity index (χ3v) is 4.26. The summed E-state index contributed by atoms with van der Waals surface area (Å²) in [5, 5.41) is 3.34. The van der Waals surface area contributed by atoms with Gasteiger partial charge in [0.2, 0.25) is 0 Å². The SMILES string of the molecule is CCNc1nc(-c2ccncc2C)nc(CC(C)C)c1I. The molecule has 5 heteroatoms. The van der Waals surface area contributed by atoms with Crippen LogP contribution >= 0.6 is 22.6 Å². The van der Waals surface area contributed by atoms with Crippen LogP contribution in [0.25, 0.3) is 11.4 Å². The van der Waals surface area contributed by atoms with Crippen LogP contribution in [0, 0.1) is 16.4 Å². The summed E-state index contributed by atoms with van der Waals surface area (Å²) in [5.74, 6) is 2.27. The second-order valence-corrected chi connectivity index (χ2v) is 6.55. The molecule has 2 aromatic heterocycles. The van der Waals surface area contributed by atoms with Crippen molar-refractivity contribution in [1.29, 1.82) is 0 Å². The molecule has 4 nitrogen and oxygen atoms in total. The Bertz CT molecular complexity index is 626. The van der Waals surface area contributed by atoms with E-state index < -0.39 is 0 Å². The zero-order valence-electron chi connectivity index (χ0n) is 12.9. The van der Waals surface area contributed by atoms with E-state index in [1.165, 1.54) is 0 Å². The molecule has 0 saturated carbocycles. The minimum atomic E-state index is 0.564. The second kappa shape index (κ2) is 7.15. The van der Waals surface area contributed by atoms with E-state index >= 15 is 0 Å². The van der Waals surface area contributed by atoms with Crippen LogP contribution in [0.2, 0.25) is 0 Å². The number of nitrogens with zero attached hydrogens (tertiary/aromatic N) is 3. The fourth-order valence-corrected chi connectivity index (χ4v) is 2.80. The van der Waals surface area contributed by atoms with E-state index in [-0.39, 0.29) is 0 Å². The Labute approximate surface area is 140 Å². The minimum Gasteiger partial charge on any atom is -0.369 e. The number of anilines is 1. The van der Waals surface area contributed by atoms with Crippen molar-refractivity contribution in [3.8, 4) is 11.4 Å². The molecule has 1 N–H and O–H groups in total. The number of aryl methyl sites for hydroxylation is 1. The summed E-state index contributed by atoms with van der Waals surface area (Å²) in [6.07, 6.45) is 4.60. The number of hydrogen-bond donors (Lipinski definition) is 1. The highest BCUT2D eigenvalue weighted by Gasteiger charge is 2.15. The van der Waals surface area contributed by atoms with Crippen molar-refractivity contribution in [2.24, 2.45) is 5.92 Å². The number of pyridine rings is 1. The number of hydrogen-bond acceptors (Lipinski definition) is 4. The lowest BCUT2D eigenvalue weighted by atomic mass is 10.1. The average molecular weight is 396 g/mol. The van der Waals surface area contributed by atoms with Crippen LogP contribution < -0.4 is 5.32 Å². The average Bonchev–Trinajstić information content (AvgIpc) is 2.43. The standard InChI is InChI=1S/C16H21IN4/c1-5-19-16-14(17)13(8-10(2)3)20-15(21-16)12-6-7-18-9-11(12)4/h6-7,9-10H,5,8H2,1-4H3,(H,19,20,21). The van der Waals surface area contributed by atoms with Crippen molar-refractivity contribution >= 4 is 28.4 Å². The first-order valence-electron chi connectivity index (χ1n) is 7.24. The summed E-state index contributed by atoms with van der Waals surface area (Å²) < 4.78 is 1.12. The highest BCUT2D eigenvalue weighted by Crippen LogP contribution is 2.26. The van der Waals surface area contributed by atoms with Crippen molar-refractivity contribution in [3.05, 3.63) is 33.3 Å². The lowest BCUT2D eigenvalue weighted by molar-refractivity contribution is 0.632. The summed E-state index contributed by atoms with van der Waals surface area (Å²) in [6.45, 7) is 9.39. The van der Waals surface area contributed by atoms with Crippen LogP contribution in [0.15, 0.2) is 18.5 Å². The molecule has 2 aromatic rings. The quantitative estimate of drug-likeness (QED) is 0.774.